The highest BCUT2D eigenvalue weighted by atomic mass is 32.2. The van der Waals surface area contributed by atoms with Crippen molar-refractivity contribution in [3.63, 3.8) is 0 Å². The predicted molar refractivity (Wildman–Crippen MR) is 121 cm³/mol. The van der Waals surface area contributed by atoms with Crippen LogP contribution < -0.4 is 0 Å². The molecule has 1 saturated heterocycles. The molecule has 0 saturated carbocycles. The van der Waals surface area contributed by atoms with E-state index in [1.807, 2.05) is 16.0 Å². The molecule has 10 heteroatoms. The standard InChI is InChI=1S/C21H29N7OS2/c1-13(2)11-28-21(24-25-26-28)31-20-18-15-5-4-14(3)10-16(15)30-19(18)22-17(23-20)12-27-6-8-29-9-7-27/h13-14H,4-12H2,1-3H3. The molecule has 0 N–H and O–H groups in total. The van der Waals surface area contributed by atoms with Crippen LogP contribution in [0.25, 0.3) is 10.2 Å². The van der Waals surface area contributed by atoms with Crippen molar-refractivity contribution in [1.29, 1.82) is 0 Å². The lowest BCUT2D eigenvalue weighted by atomic mass is 9.89. The van der Waals surface area contributed by atoms with Crippen LogP contribution >= 0.6 is 23.1 Å². The molecule has 0 bridgehead atoms. The number of hydrogen-bond acceptors (Lipinski definition) is 9. The van der Waals surface area contributed by atoms with E-state index in [-0.39, 0.29) is 0 Å². The Balaban J connectivity index is 1.54. The molecule has 3 aromatic heterocycles. The maximum atomic E-state index is 5.50. The van der Waals surface area contributed by atoms with E-state index in [0.29, 0.717) is 5.92 Å². The summed E-state index contributed by atoms with van der Waals surface area (Å²) in [5, 5.41) is 15.5. The average Bonchev–Trinajstić information content (AvgIpc) is 3.31. The SMILES string of the molecule is CC(C)Cn1nnnc1Sc1nc(CN2CCOCC2)nc2sc3c(c12)CCC(C)C3. The Morgan fingerprint density at radius 3 is 2.87 bits per heavy atom. The zero-order valence-corrected chi connectivity index (χ0v) is 20.0. The highest BCUT2D eigenvalue weighted by Gasteiger charge is 2.26. The summed E-state index contributed by atoms with van der Waals surface area (Å²) >= 11 is 3.44. The number of ether oxygens (including phenoxy) is 1. The van der Waals surface area contributed by atoms with Gasteiger partial charge in [-0.3, -0.25) is 4.90 Å². The molecule has 1 fully saturated rings. The van der Waals surface area contributed by atoms with Gasteiger partial charge in [-0.1, -0.05) is 20.8 Å². The molecule has 3 aromatic rings. The lowest BCUT2D eigenvalue weighted by Gasteiger charge is -2.25. The van der Waals surface area contributed by atoms with Gasteiger partial charge in [-0.15, -0.1) is 16.4 Å². The molecule has 5 rings (SSSR count). The minimum absolute atomic E-state index is 0.473. The summed E-state index contributed by atoms with van der Waals surface area (Å²) in [6.45, 7) is 11.7. The van der Waals surface area contributed by atoms with Gasteiger partial charge in [-0.25, -0.2) is 14.6 Å². The molecule has 2 aliphatic rings. The van der Waals surface area contributed by atoms with Crippen molar-refractivity contribution in [2.75, 3.05) is 26.3 Å². The van der Waals surface area contributed by atoms with Gasteiger partial charge in [0.05, 0.1) is 19.8 Å². The number of aryl methyl sites for hydroxylation is 1. The fraction of sp³-hybridized carbons (Fsp3) is 0.667. The number of thiophene rings is 1. The van der Waals surface area contributed by atoms with Crippen molar-refractivity contribution >= 4 is 33.3 Å². The maximum absolute atomic E-state index is 5.50. The van der Waals surface area contributed by atoms with Crippen LogP contribution in [0.4, 0.5) is 0 Å². The minimum atomic E-state index is 0.473. The number of tetrazole rings is 1. The maximum Gasteiger partial charge on any atom is 0.215 e. The second-order valence-corrected chi connectivity index (χ2v) is 11.0. The third-order valence-corrected chi connectivity index (χ3v) is 7.97. The Hall–Kier alpha value is -1.62. The molecule has 0 radical (unpaired) electrons. The largest absolute Gasteiger partial charge is 0.379 e. The van der Waals surface area contributed by atoms with Gasteiger partial charge < -0.3 is 4.74 Å². The molecule has 1 aliphatic carbocycles. The Morgan fingerprint density at radius 2 is 2.06 bits per heavy atom. The summed E-state index contributed by atoms with van der Waals surface area (Å²) in [6, 6.07) is 0. The third-order valence-electron chi connectivity index (χ3n) is 5.86. The number of morpholine rings is 1. The molecule has 0 spiro atoms. The monoisotopic (exact) mass is 459 g/mol. The molecule has 166 valence electrons. The summed E-state index contributed by atoms with van der Waals surface area (Å²) in [7, 11) is 0. The van der Waals surface area contributed by atoms with E-state index in [2.05, 4.69) is 41.2 Å². The number of aromatic nitrogens is 6. The zero-order chi connectivity index (χ0) is 21.4. The first-order valence-electron chi connectivity index (χ1n) is 11.1. The quantitative estimate of drug-likeness (QED) is 0.519. The second-order valence-electron chi connectivity index (χ2n) is 9.00. The van der Waals surface area contributed by atoms with Gasteiger partial charge in [0, 0.05) is 29.9 Å². The Kier molecular flexibility index (Phi) is 6.23. The van der Waals surface area contributed by atoms with E-state index in [9.17, 15) is 0 Å². The van der Waals surface area contributed by atoms with Crippen LogP contribution in [0.2, 0.25) is 0 Å². The van der Waals surface area contributed by atoms with E-state index in [4.69, 9.17) is 14.7 Å². The van der Waals surface area contributed by atoms with Gasteiger partial charge in [0.25, 0.3) is 0 Å². The summed E-state index contributed by atoms with van der Waals surface area (Å²) in [6.07, 6.45) is 3.47. The minimum Gasteiger partial charge on any atom is -0.379 e. The molecule has 1 aliphatic heterocycles. The highest BCUT2D eigenvalue weighted by molar-refractivity contribution is 7.99. The van der Waals surface area contributed by atoms with E-state index in [1.54, 1.807) is 11.8 Å². The lowest BCUT2D eigenvalue weighted by Crippen LogP contribution is -2.36. The molecule has 0 amide bonds. The van der Waals surface area contributed by atoms with Crippen molar-refractivity contribution in [1.82, 2.24) is 35.1 Å². The van der Waals surface area contributed by atoms with Gasteiger partial charge in [0.1, 0.15) is 15.7 Å². The van der Waals surface area contributed by atoms with Crippen LogP contribution in [0.1, 0.15) is 43.5 Å². The predicted octanol–water partition coefficient (Wildman–Crippen LogP) is 3.44. The first-order valence-corrected chi connectivity index (χ1v) is 12.8. The number of fused-ring (bicyclic) bond motifs is 3. The van der Waals surface area contributed by atoms with E-state index >= 15 is 0 Å². The number of rotatable bonds is 6. The Labute approximate surface area is 190 Å². The van der Waals surface area contributed by atoms with E-state index in [0.717, 1.165) is 79.0 Å². The summed E-state index contributed by atoms with van der Waals surface area (Å²) in [4.78, 5) is 15.0. The Morgan fingerprint density at radius 1 is 1.23 bits per heavy atom. The smallest absolute Gasteiger partial charge is 0.215 e. The number of hydrogen-bond donors (Lipinski definition) is 0. The normalized spacial score (nSPS) is 19.9. The van der Waals surface area contributed by atoms with Crippen molar-refractivity contribution in [3.05, 3.63) is 16.3 Å². The van der Waals surface area contributed by atoms with Gasteiger partial charge in [-0.05, 0) is 58.9 Å². The Bertz CT molecular complexity index is 1060. The van der Waals surface area contributed by atoms with E-state index in [1.165, 1.54) is 22.2 Å². The molecule has 0 aromatic carbocycles. The summed E-state index contributed by atoms with van der Waals surface area (Å²) in [5.41, 5.74) is 1.45. The van der Waals surface area contributed by atoms with Crippen molar-refractivity contribution in [2.45, 2.75) is 63.3 Å². The van der Waals surface area contributed by atoms with E-state index < -0.39 is 0 Å². The molecule has 1 unspecified atom stereocenters. The number of nitrogens with zero attached hydrogens (tertiary/aromatic N) is 7. The first kappa shape index (κ1) is 21.2. The van der Waals surface area contributed by atoms with Crippen molar-refractivity contribution in [2.24, 2.45) is 11.8 Å². The molecule has 1 atom stereocenters. The topological polar surface area (TPSA) is 81.9 Å². The van der Waals surface area contributed by atoms with Gasteiger partial charge in [0.2, 0.25) is 5.16 Å². The van der Waals surface area contributed by atoms with Crippen LogP contribution in [0, 0.1) is 11.8 Å². The summed E-state index contributed by atoms with van der Waals surface area (Å²) in [5.74, 6) is 2.09. The molecular weight excluding hydrogens is 430 g/mol. The van der Waals surface area contributed by atoms with Crippen LogP contribution in [0.15, 0.2) is 10.2 Å². The van der Waals surface area contributed by atoms with Crippen LogP contribution in [0.3, 0.4) is 0 Å². The molecule has 31 heavy (non-hydrogen) atoms. The van der Waals surface area contributed by atoms with Crippen LogP contribution in [-0.2, 0) is 30.7 Å². The summed E-state index contributed by atoms with van der Waals surface area (Å²) < 4.78 is 7.40. The van der Waals surface area contributed by atoms with Crippen LogP contribution in [-0.4, -0.2) is 61.4 Å². The van der Waals surface area contributed by atoms with Gasteiger partial charge >= 0.3 is 0 Å². The fourth-order valence-corrected chi connectivity index (χ4v) is 6.68. The zero-order valence-electron chi connectivity index (χ0n) is 18.4. The molecule has 4 heterocycles. The second kappa shape index (κ2) is 9.09. The third kappa shape index (κ3) is 4.62. The molecule has 8 nitrogen and oxygen atoms in total. The lowest BCUT2D eigenvalue weighted by molar-refractivity contribution is 0.0330. The van der Waals surface area contributed by atoms with Crippen molar-refractivity contribution in [3.8, 4) is 0 Å². The average molecular weight is 460 g/mol. The highest BCUT2D eigenvalue weighted by Crippen LogP contribution is 2.42. The fourth-order valence-electron chi connectivity index (χ4n) is 4.27. The van der Waals surface area contributed by atoms with Gasteiger partial charge in [0.15, 0.2) is 0 Å². The van der Waals surface area contributed by atoms with Crippen LogP contribution in [0.5, 0.6) is 0 Å². The first-order chi connectivity index (χ1) is 15.1. The van der Waals surface area contributed by atoms with Crippen molar-refractivity contribution < 1.29 is 4.74 Å². The molecular formula is C21H29N7OS2. The van der Waals surface area contributed by atoms with Gasteiger partial charge in [-0.2, -0.15) is 0 Å².